The van der Waals surface area contributed by atoms with Crippen LogP contribution in [-0.2, 0) is 16.0 Å². The van der Waals surface area contributed by atoms with Gasteiger partial charge in [0.15, 0.2) is 0 Å². The van der Waals surface area contributed by atoms with Gasteiger partial charge in [0, 0.05) is 5.41 Å². The molecule has 0 spiro atoms. The zero-order valence-electron chi connectivity index (χ0n) is 16.7. The molecule has 0 aliphatic heterocycles. The van der Waals surface area contributed by atoms with Crippen LogP contribution in [0, 0.1) is 24.2 Å². The van der Waals surface area contributed by atoms with Crippen molar-refractivity contribution in [3.8, 4) is 0 Å². The Morgan fingerprint density at radius 2 is 2.08 bits per heavy atom. The van der Waals surface area contributed by atoms with Crippen LogP contribution < -0.4 is 5.32 Å². The van der Waals surface area contributed by atoms with E-state index in [1.807, 2.05) is 14.0 Å². The predicted octanol–water partition coefficient (Wildman–Crippen LogP) is 4.37. The highest BCUT2D eigenvalue weighted by Crippen LogP contribution is 2.61. The quantitative estimate of drug-likeness (QED) is 0.818. The van der Waals surface area contributed by atoms with Gasteiger partial charge in [0.1, 0.15) is 12.1 Å². The van der Waals surface area contributed by atoms with Crippen LogP contribution in [0.25, 0.3) is 0 Å². The average molecular weight is 356 g/mol. The molecule has 26 heavy (non-hydrogen) atoms. The third-order valence-electron chi connectivity index (χ3n) is 7.84. The van der Waals surface area contributed by atoms with Crippen LogP contribution in [0.3, 0.4) is 0 Å². The molecular weight excluding hydrogens is 322 g/mol. The molecule has 0 aromatic heterocycles. The number of fused-ring (bicyclic) bond motifs is 5. The van der Waals surface area contributed by atoms with Crippen molar-refractivity contribution in [2.24, 2.45) is 17.3 Å². The van der Waals surface area contributed by atoms with Crippen molar-refractivity contribution < 1.29 is 9.53 Å². The second-order valence-electron chi connectivity index (χ2n) is 9.18. The minimum Gasteiger partial charge on any atom is -0.461 e. The van der Waals surface area contributed by atoms with Gasteiger partial charge < -0.3 is 10.1 Å². The molecule has 3 heteroatoms. The minimum absolute atomic E-state index is 0.0917. The number of esters is 1. The van der Waals surface area contributed by atoms with Gasteiger partial charge in [-0.3, -0.25) is 4.79 Å². The lowest BCUT2D eigenvalue weighted by molar-refractivity contribution is -0.159. The Balaban J connectivity index is 1.55. The Labute approximate surface area is 157 Å². The maximum absolute atomic E-state index is 12.3. The molecule has 0 radical (unpaired) electrons. The summed E-state index contributed by atoms with van der Waals surface area (Å²) in [4.78, 5) is 12.3. The van der Waals surface area contributed by atoms with Crippen LogP contribution in [0.4, 0.5) is 0 Å². The molecule has 2 saturated carbocycles. The highest BCUT2D eigenvalue weighted by molar-refractivity contribution is 5.75. The maximum Gasteiger partial charge on any atom is 0.323 e. The van der Waals surface area contributed by atoms with Gasteiger partial charge in [0.05, 0.1) is 0 Å². The summed E-state index contributed by atoms with van der Waals surface area (Å²) >= 11 is 0. The van der Waals surface area contributed by atoms with E-state index >= 15 is 0 Å². The number of ether oxygens (including phenoxy) is 1. The van der Waals surface area contributed by atoms with E-state index in [0.29, 0.717) is 11.8 Å². The number of nitrogens with one attached hydrogen (secondary N) is 1. The Hall–Kier alpha value is -1.35. The molecule has 6 atom stereocenters. The highest BCUT2D eigenvalue weighted by atomic mass is 16.5. The van der Waals surface area contributed by atoms with Crippen molar-refractivity contribution in [3.05, 3.63) is 34.9 Å². The fourth-order valence-electron chi connectivity index (χ4n) is 6.22. The summed E-state index contributed by atoms with van der Waals surface area (Å²) in [5.74, 6) is 2.07. The lowest BCUT2D eigenvalue weighted by Crippen LogP contribution is -2.46. The Kier molecular flexibility index (Phi) is 4.63. The SMILES string of the molecule is CN[C@@H](C)C(=O)O[C@H]1CCC2C3CCc4cc(C)ccc4C3CC[C@@]21C. The van der Waals surface area contributed by atoms with Gasteiger partial charge in [-0.15, -0.1) is 0 Å². The summed E-state index contributed by atoms with van der Waals surface area (Å²) in [6.45, 7) is 6.48. The Bertz CT molecular complexity index is 699. The van der Waals surface area contributed by atoms with Crippen molar-refractivity contribution in [2.75, 3.05) is 7.05 Å². The van der Waals surface area contributed by atoms with Gasteiger partial charge in [-0.25, -0.2) is 0 Å². The van der Waals surface area contributed by atoms with Crippen LogP contribution in [0.5, 0.6) is 0 Å². The third-order valence-corrected chi connectivity index (χ3v) is 7.84. The standard InChI is InChI=1S/C23H33NO2/c1-14-5-7-17-16(13-14)6-8-19-18(17)11-12-23(3)20(19)9-10-21(23)26-22(25)15(2)24-4/h5,7,13,15,18-21,24H,6,8-12H2,1-4H3/t15-,18?,19?,20?,21-,23-/m0/s1. The van der Waals surface area contributed by atoms with Gasteiger partial charge in [0.2, 0.25) is 0 Å². The minimum atomic E-state index is -0.223. The van der Waals surface area contributed by atoms with Crippen LogP contribution in [0.1, 0.15) is 68.6 Å². The topological polar surface area (TPSA) is 38.3 Å². The van der Waals surface area contributed by atoms with E-state index in [2.05, 4.69) is 37.4 Å². The van der Waals surface area contributed by atoms with Crippen molar-refractivity contribution in [2.45, 2.75) is 77.4 Å². The lowest BCUT2D eigenvalue weighted by Gasteiger charge is -2.50. The first-order valence-corrected chi connectivity index (χ1v) is 10.4. The summed E-state index contributed by atoms with van der Waals surface area (Å²) in [7, 11) is 1.82. The third kappa shape index (κ3) is 2.79. The van der Waals surface area contributed by atoms with Crippen LogP contribution in [0.2, 0.25) is 0 Å². The van der Waals surface area contributed by atoms with Crippen LogP contribution >= 0.6 is 0 Å². The molecule has 0 saturated heterocycles. The molecule has 0 amide bonds. The number of carbonyl (C=O) groups excluding carboxylic acids is 1. The van der Waals surface area contributed by atoms with Gasteiger partial charge in [-0.2, -0.15) is 0 Å². The number of carbonyl (C=O) groups is 1. The van der Waals surface area contributed by atoms with Crippen molar-refractivity contribution in [3.63, 3.8) is 0 Å². The van der Waals surface area contributed by atoms with E-state index in [1.54, 1.807) is 11.1 Å². The van der Waals surface area contributed by atoms with Crippen molar-refractivity contribution in [1.29, 1.82) is 0 Å². The normalized spacial score (nSPS) is 36.6. The molecule has 2 fully saturated rings. The van der Waals surface area contributed by atoms with Gasteiger partial charge in [-0.1, -0.05) is 30.7 Å². The zero-order valence-corrected chi connectivity index (χ0v) is 16.7. The van der Waals surface area contributed by atoms with E-state index in [4.69, 9.17) is 4.74 Å². The molecule has 1 aromatic rings. The number of hydrogen-bond donors (Lipinski definition) is 1. The molecule has 3 aliphatic carbocycles. The highest BCUT2D eigenvalue weighted by Gasteiger charge is 2.56. The second kappa shape index (κ2) is 6.67. The fraction of sp³-hybridized carbons (Fsp3) is 0.696. The van der Waals surface area contributed by atoms with Gasteiger partial charge in [-0.05, 0) is 88.3 Å². The van der Waals surface area contributed by atoms with E-state index < -0.39 is 0 Å². The first kappa shape index (κ1) is 18.0. The van der Waals surface area contributed by atoms with Crippen LogP contribution in [0.15, 0.2) is 18.2 Å². The molecular formula is C23H33NO2. The van der Waals surface area contributed by atoms with E-state index in [0.717, 1.165) is 12.3 Å². The summed E-state index contributed by atoms with van der Waals surface area (Å²) in [5.41, 5.74) is 4.73. The second-order valence-corrected chi connectivity index (χ2v) is 9.18. The summed E-state index contributed by atoms with van der Waals surface area (Å²) in [6, 6.07) is 6.86. The van der Waals surface area contributed by atoms with E-state index in [9.17, 15) is 4.79 Å². The molecule has 3 unspecified atom stereocenters. The number of hydrogen-bond acceptors (Lipinski definition) is 3. The summed E-state index contributed by atoms with van der Waals surface area (Å²) in [6.07, 6.45) is 7.27. The summed E-state index contributed by atoms with van der Waals surface area (Å²) in [5, 5.41) is 3.01. The monoisotopic (exact) mass is 355 g/mol. The first-order chi connectivity index (χ1) is 12.4. The molecule has 142 valence electrons. The molecule has 1 N–H and O–H groups in total. The molecule has 4 rings (SSSR count). The fourth-order valence-corrected chi connectivity index (χ4v) is 6.22. The Morgan fingerprint density at radius 3 is 2.85 bits per heavy atom. The maximum atomic E-state index is 12.3. The zero-order chi connectivity index (χ0) is 18.5. The molecule has 1 aromatic carbocycles. The molecule has 0 heterocycles. The first-order valence-electron chi connectivity index (χ1n) is 10.4. The van der Waals surface area contributed by atoms with Crippen molar-refractivity contribution >= 4 is 5.97 Å². The number of aryl methyl sites for hydroxylation is 2. The van der Waals surface area contributed by atoms with Crippen LogP contribution in [-0.4, -0.2) is 25.2 Å². The molecule has 3 nitrogen and oxygen atoms in total. The van der Waals surface area contributed by atoms with E-state index in [-0.39, 0.29) is 23.5 Å². The Morgan fingerprint density at radius 1 is 1.27 bits per heavy atom. The largest absolute Gasteiger partial charge is 0.461 e. The number of likely N-dealkylation sites (N-methyl/N-ethyl adjacent to an activating group) is 1. The number of rotatable bonds is 3. The smallest absolute Gasteiger partial charge is 0.323 e. The molecule has 0 bridgehead atoms. The lowest BCUT2D eigenvalue weighted by atomic mass is 9.55. The molecule has 3 aliphatic rings. The van der Waals surface area contributed by atoms with Crippen molar-refractivity contribution in [1.82, 2.24) is 5.32 Å². The predicted molar refractivity (Wildman–Crippen MR) is 104 cm³/mol. The van der Waals surface area contributed by atoms with Gasteiger partial charge in [0.25, 0.3) is 0 Å². The summed E-state index contributed by atoms with van der Waals surface area (Å²) < 4.78 is 6.00. The van der Waals surface area contributed by atoms with E-state index in [1.165, 1.54) is 37.7 Å². The average Bonchev–Trinajstić information content (AvgIpc) is 2.97. The van der Waals surface area contributed by atoms with Gasteiger partial charge >= 0.3 is 5.97 Å². The number of benzene rings is 1.